The highest BCUT2D eigenvalue weighted by Crippen LogP contribution is 2.34. The van der Waals surface area contributed by atoms with Crippen LogP contribution in [0.3, 0.4) is 0 Å². The molecule has 2 fully saturated rings. The number of hydrogen-bond donors (Lipinski definition) is 0. The summed E-state index contributed by atoms with van der Waals surface area (Å²) in [5.74, 6) is 0.716. The molecule has 206 valence electrons. The van der Waals surface area contributed by atoms with Crippen LogP contribution in [-0.2, 0) is 6.54 Å². The highest BCUT2D eigenvalue weighted by atomic mass is 19.1. The molecule has 2 saturated heterocycles. The molecule has 0 aliphatic carbocycles. The smallest absolute Gasteiger partial charge is 0.124 e. The normalized spacial score (nSPS) is 18.0. The minimum Gasteiger partial charge on any atom is -0.369 e. The highest BCUT2D eigenvalue weighted by molar-refractivity contribution is 6.08. The fourth-order valence-corrected chi connectivity index (χ4v) is 6.02. The molecule has 8 heteroatoms. The lowest BCUT2D eigenvalue weighted by Gasteiger charge is -2.34. The maximum absolute atomic E-state index is 14.4. The van der Waals surface area contributed by atoms with Gasteiger partial charge in [0.05, 0.1) is 16.7 Å². The maximum Gasteiger partial charge on any atom is 0.124 e. The Kier molecular flexibility index (Phi) is 7.51. The predicted molar refractivity (Wildman–Crippen MR) is 158 cm³/mol. The summed E-state index contributed by atoms with van der Waals surface area (Å²) in [6, 6.07) is 13.6. The second kappa shape index (κ2) is 11.2. The lowest BCUT2D eigenvalue weighted by molar-refractivity contribution is 0.151. The van der Waals surface area contributed by atoms with Crippen LogP contribution < -0.4 is 4.90 Å². The lowest BCUT2D eigenvalue weighted by Crippen LogP contribution is -2.44. The number of halogens is 1. The first-order valence-electron chi connectivity index (χ1n) is 14.4. The number of aryl methyl sites for hydroxylation is 2. The quantitative estimate of drug-likeness (QED) is 0.329. The number of fused-ring (bicyclic) bond motifs is 3. The van der Waals surface area contributed by atoms with Gasteiger partial charge in [0.1, 0.15) is 17.2 Å². The number of nitrogens with zero attached hydrogens (tertiary/aromatic N) is 7. The van der Waals surface area contributed by atoms with E-state index in [1.54, 1.807) is 12.1 Å². The van der Waals surface area contributed by atoms with Gasteiger partial charge in [0.15, 0.2) is 0 Å². The zero-order chi connectivity index (χ0) is 26.9. The Bertz CT molecular complexity index is 1430. The van der Waals surface area contributed by atoms with Gasteiger partial charge in [0, 0.05) is 75.5 Å². The van der Waals surface area contributed by atoms with E-state index in [2.05, 4.69) is 69.5 Å². The van der Waals surface area contributed by atoms with Crippen LogP contribution in [0.2, 0.25) is 0 Å². The van der Waals surface area contributed by atoms with E-state index in [0.717, 1.165) is 117 Å². The van der Waals surface area contributed by atoms with E-state index < -0.39 is 0 Å². The number of rotatable bonds is 7. The molecule has 0 radical (unpaired) electrons. The number of piperazine rings is 2. The molecule has 0 saturated carbocycles. The molecular formula is C31H40FN7. The Morgan fingerprint density at radius 1 is 0.769 bits per heavy atom. The number of likely N-dealkylation sites (N-methyl/N-ethyl adjacent to an activating group) is 2. The van der Waals surface area contributed by atoms with E-state index in [4.69, 9.17) is 9.97 Å². The van der Waals surface area contributed by atoms with Gasteiger partial charge in [-0.2, -0.15) is 0 Å². The number of benzene rings is 2. The summed E-state index contributed by atoms with van der Waals surface area (Å²) < 4.78 is 16.7. The van der Waals surface area contributed by atoms with Crippen molar-refractivity contribution in [3.05, 3.63) is 54.1 Å². The Hall–Kier alpha value is -3.07. The summed E-state index contributed by atoms with van der Waals surface area (Å²) in [6.45, 7) is 12.9. The van der Waals surface area contributed by atoms with E-state index >= 15 is 0 Å². The molecule has 0 amide bonds. The molecule has 2 aliphatic rings. The van der Waals surface area contributed by atoms with Crippen LogP contribution in [0.15, 0.2) is 42.5 Å². The standard InChI is InChI=1S/C31H40FN7/c1-23-33-30-29(24-6-9-26(10-7-24)38-20-16-36(3)17-21-38)34-28-11-8-25(32)22-27(28)31(30)39(23)13-5-4-12-37-18-14-35(2)15-19-37/h6-11,22H,4-5,12-21H2,1-3H3. The van der Waals surface area contributed by atoms with Crippen molar-refractivity contribution in [3.63, 3.8) is 0 Å². The molecular weight excluding hydrogens is 489 g/mol. The van der Waals surface area contributed by atoms with Crippen LogP contribution in [0.5, 0.6) is 0 Å². The fraction of sp³-hybridized carbons (Fsp3) is 0.484. The fourth-order valence-electron chi connectivity index (χ4n) is 6.02. The predicted octanol–water partition coefficient (Wildman–Crippen LogP) is 4.48. The molecule has 4 heterocycles. The topological polar surface area (TPSA) is 43.7 Å². The first kappa shape index (κ1) is 26.2. The van der Waals surface area contributed by atoms with E-state index in [1.807, 2.05) is 0 Å². The SMILES string of the molecule is Cc1nc2c(-c3ccc(N4CCN(C)CC4)cc3)nc3ccc(F)cc3c2n1CCCCN1CCN(C)CC1. The van der Waals surface area contributed by atoms with Crippen molar-refractivity contribution in [1.82, 2.24) is 29.2 Å². The number of unbranched alkanes of at least 4 members (excludes halogenated alkanes) is 1. The summed E-state index contributed by atoms with van der Waals surface area (Å²) in [6.07, 6.45) is 2.20. The lowest BCUT2D eigenvalue weighted by atomic mass is 10.1. The molecule has 0 spiro atoms. The van der Waals surface area contributed by atoms with Crippen LogP contribution in [0.25, 0.3) is 33.2 Å². The zero-order valence-electron chi connectivity index (χ0n) is 23.5. The first-order chi connectivity index (χ1) is 19.0. The molecule has 0 atom stereocenters. The summed E-state index contributed by atoms with van der Waals surface area (Å²) in [5, 5.41) is 0.836. The van der Waals surface area contributed by atoms with Crippen LogP contribution in [0, 0.1) is 12.7 Å². The Morgan fingerprint density at radius 3 is 2.15 bits per heavy atom. The molecule has 6 rings (SSSR count). The Morgan fingerprint density at radius 2 is 1.44 bits per heavy atom. The minimum absolute atomic E-state index is 0.240. The summed E-state index contributed by atoms with van der Waals surface area (Å²) in [7, 11) is 4.38. The second-order valence-electron chi connectivity index (χ2n) is 11.3. The minimum atomic E-state index is -0.240. The molecule has 2 aromatic carbocycles. The third kappa shape index (κ3) is 5.51. The largest absolute Gasteiger partial charge is 0.369 e. The van der Waals surface area contributed by atoms with Crippen LogP contribution in [0.1, 0.15) is 18.7 Å². The van der Waals surface area contributed by atoms with Gasteiger partial charge in [-0.3, -0.25) is 0 Å². The summed E-state index contributed by atoms with van der Waals surface area (Å²) in [5.41, 5.74) is 5.82. The number of anilines is 1. The second-order valence-corrected chi connectivity index (χ2v) is 11.3. The van der Waals surface area contributed by atoms with Gasteiger partial charge in [0.2, 0.25) is 0 Å². The van der Waals surface area contributed by atoms with Crippen molar-refractivity contribution in [3.8, 4) is 11.3 Å². The molecule has 0 unspecified atom stereocenters. The molecule has 4 aromatic rings. The Labute approximate surface area is 230 Å². The van der Waals surface area contributed by atoms with Crippen molar-refractivity contribution < 1.29 is 4.39 Å². The van der Waals surface area contributed by atoms with E-state index in [9.17, 15) is 4.39 Å². The number of aromatic nitrogens is 3. The molecule has 2 aliphatic heterocycles. The molecule has 39 heavy (non-hydrogen) atoms. The number of imidazole rings is 1. The Balaban J connectivity index is 1.29. The molecule has 0 N–H and O–H groups in total. The van der Waals surface area contributed by atoms with Gasteiger partial charge in [-0.05, 0) is 70.7 Å². The highest BCUT2D eigenvalue weighted by Gasteiger charge is 2.20. The van der Waals surface area contributed by atoms with Gasteiger partial charge >= 0.3 is 0 Å². The monoisotopic (exact) mass is 529 g/mol. The van der Waals surface area contributed by atoms with Crippen molar-refractivity contribution in [2.24, 2.45) is 0 Å². The van der Waals surface area contributed by atoms with Crippen LogP contribution in [0.4, 0.5) is 10.1 Å². The van der Waals surface area contributed by atoms with E-state index in [-0.39, 0.29) is 5.82 Å². The zero-order valence-corrected chi connectivity index (χ0v) is 23.5. The number of hydrogen-bond acceptors (Lipinski definition) is 6. The average molecular weight is 530 g/mol. The van der Waals surface area contributed by atoms with Crippen LogP contribution in [-0.4, -0.2) is 102 Å². The number of pyridine rings is 1. The van der Waals surface area contributed by atoms with Gasteiger partial charge in [0.25, 0.3) is 0 Å². The molecule has 2 aromatic heterocycles. The first-order valence-corrected chi connectivity index (χ1v) is 14.4. The van der Waals surface area contributed by atoms with Gasteiger partial charge < -0.3 is 24.2 Å². The third-order valence-corrected chi connectivity index (χ3v) is 8.54. The summed E-state index contributed by atoms with van der Waals surface area (Å²) in [4.78, 5) is 19.8. The third-order valence-electron chi connectivity index (χ3n) is 8.54. The average Bonchev–Trinajstić information content (AvgIpc) is 3.28. The van der Waals surface area contributed by atoms with Crippen molar-refractivity contribution >= 4 is 27.6 Å². The molecule has 0 bridgehead atoms. The van der Waals surface area contributed by atoms with Crippen molar-refractivity contribution in [1.29, 1.82) is 0 Å². The van der Waals surface area contributed by atoms with Gasteiger partial charge in [-0.1, -0.05) is 12.1 Å². The summed E-state index contributed by atoms with van der Waals surface area (Å²) >= 11 is 0. The van der Waals surface area contributed by atoms with Crippen LogP contribution >= 0.6 is 0 Å². The van der Waals surface area contributed by atoms with Crippen molar-refractivity contribution in [2.75, 3.05) is 77.9 Å². The maximum atomic E-state index is 14.4. The van der Waals surface area contributed by atoms with E-state index in [0.29, 0.717) is 0 Å². The van der Waals surface area contributed by atoms with Gasteiger partial charge in [-0.25, -0.2) is 14.4 Å². The van der Waals surface area contributed by atoms with Crippen molar-refractivity contribution in [2.45, 2.75) is 26.3 Å². The van der Waals surface area contributed by atoms with Gasteiger partial charge in [-0.15, -0.1) is 0 Å². The molecule has 7 nitrogen and oxygen atoms in total. The van der Waals surface area contributed by atoms with E-state index in [1.165, 1.54) is 11.8 Å².